The van der Waals surface area contributed by atoms with Crippen molar-refractivity contribution in [3.63, 3.8) is 0 Å². The van der Waals surface area contributed by atoms with Crippen LogP contribution in [0.15, 0.2) is 24.4 Å². The van der Waals surface area contributed by atoms with Gasteiger partial charge in [-0.1, -0.05) is 6.07 Å². The number of halogens is 3. The minimum Gasteiger partial charge on any atom is -0.291 e. The van der Waals surface area contributed by atoms with Gasteiger partial charge in [0.15, 0.2) is 0 Å². The fraction of sp³-hybridized carbons (Fsp3) is 0.471. The molecular weight excluding hydrogens is 303 g/mol. The number of benzene rings is 1. The van der Waals surface area contributed by atoms with E-state index in [2.05, 4.69) is 10.00 Å². The Bertz CT molecular complexity index is 733. The van der Waals surface area contributed by atoms with E-state index in [1.54, 1.807) is 12.3 Å². The summed E-state index contributed by atoms with van der Waals surface area (Å²) < 4.78 is 42.2. The zero-order valence-corrected chi connectivity index (χ0v) is 12.7. The lowest BCUT2D eigenvalue weighted by molar-refractivity contribution is -0.138. The highest BCUT2D eigenvalue weighted by molar-refractivity contribution is 5.45. The molecule has 1 aromatic heterocycles. The molecule has 0 bridgehead atoms. The summed E-state index contributed by atoms with van der Waals surface area (Å²) in [4.78, 5) is 2.10. The van der Waals surface area contributed by atoms with Gasteiger partial charge in [-0.05, 0) is 48.1 Å². The van der Waals surface area contributed by atoms with Gasteiger partial charge < -0.3 is 0 Å². The molecule has 1 aliphatic heterocycles. The van der Waals surface area contributed by atoms with Crippen molar-refractivity contribution in [2.24, 2.45) is 0 Å². The Kier molecular flexibility index (Phi) is 3.44. The molecule has 122 valence electrons. The van der Waals surface area contributed by atoms with Crippen LogP contribution >= 0.6 is 0 Å². The zero-order valence-electron chi connectivity index (χ0n) is 12.7. The van der Waals surface area contributed by atoms with E-state index in [1.165, 1.54) is 6.07 Å². The van der Waals surface area contributed by atoms with Crippen LogP contribution in [0.25, 0.3) is 0 Å². The Labute approximate surface area is 132 Å². The number of hydrogen-bond donors (Lipinski definition) is 0. The molecular formula is C17H18F3N3. The Hall–Kier alpha value is -1.82. The summed E-state index contributed by atoms with van der Waals surface area (Å²) in [7, 11) is 0. The van der Waals surface area contributed by atoms with Crippen LogP contribution in [0, 0.1) is 0 Å². The Morgan fingerprint density at radius 3 is 2.78 bits per heavy atom. The third-order valence-electron chi connectivity index (χ3n) is 4.91. The molecule has 3 nitrogen and oxygen atoms in total. The smallest absolute Gasteiger partial charge is 0.291 e. The predicted molar refractivity (Wildman–Crippen MR) is 79.8 cm³/mol. The SMILES string of the molecule is FC(F)(F)c1ccc2c(c1CN1CCn3nccc3C1)CCC2. The summed E-state index contributed by atoms with van der Waals surface area (Å²) in [6.07, 6.45) is 0.0781. The Balaban J connectivity index is 1.67. The maximum absolute atomic E-state index is 13.4. The largest absolute Gasteiger partial charge is 0.416 e. The van der Waals surface area contributed by atoms with E-state index in [9.17, 15) is 13.2 Å². The minimum absolute atomic E-state index is 0.364. The van der Waals surface area contributed by atoms with Crippen molar-refractivity contribution in [2.45, 2.75) is 45.1 Å². The van der Waals surface area contributed by atoms with Gasteiger partial charge in [0, 0.05) is 25.8 Å². The van der Waals surface area contributed by atoms with E-state index in [0.717, 1.165) is 49.2 Å². The van der Waals surface area contributed by atoms with Gasteiger partial charge in [0.2, 0.25) is 0 Å². The molecule has 1 aromatic carbocycles. The molecule has 2 aliphatic rings. The number of fused-ring (bicyclic) bond motifs is 2. The second-order valence-corrected chi connectivity index (χ2v) is 6.34. The molecule has 6 heteroatoms. The fourth-order valence-electron chi connectivity index (χ4n) is 3.79. The van der Waals surface area contributed by atoms with E-state index in [4.69, 9.17) is 0 Å². The molecule has 23 heavy (non-hydrogen) atoms. The van der Waals surface area contributed by atoms with Gasteiger partial charge in [-0.2, -0.15) is 18.3 Å². The van der Waals surface area contributed by atoms with Crippen LogP contribution < -0.4 is 0 Å². The van der Waals surface area contributed by atoms with Gasteiger partial charge in [0.1, 0.15) is 0 Å². The number of rotatable bonds is 2. The molecule has 2 heterocycles. The van der Waals surface area contributed by atoms with Crippen LogP contribution in [0.5, 0.6) is 0 Å². The first-order chi connectivity index (χ1) is 11.0. The first-order valence-electron chi connectivity index (χ1n) is 7.96. The summed E-state index contributed by atoms with van der Waals surface area (Å²) in [5, 5.41) is 4.22. The monoisotopic (exact) mass is 321 g/mol. The quantitative estimate of drug-likeness (QED) is 0.845. The third-order valence-corrected chi connectivity index (χ3v) is 4.91. The molecule has 0 amide bonds. The Morgan fingerprint density at radius 1 is 1.09 bits per heavy atom. The molecule has 0 N–H and O–H groups in total. The highest BCUT2D eigenvalue weighted by Crippen LogP contribution is 2.38. The molecule has 0 saturated heterocycles. The van der Waals surface area contributed by atoms with E-state index in [-0.39, 0.29) is 0 Å². The van der Waals surface area contributed by atoms with Crippen LogP contribution in [-0.4, -0.2) is 21.2 Å². The van der Waals surface area contributed by atoms with Crippen LogP contribution in [-0.2, 0) is 38.7 Å². The van der Waals surface area contributed by atoms with Crippen molar-refractivity contribution in [3.05, 3.63) is 52.3 Å². The van der Waals surface area contributed by atoms with Crippen molar-refractivity contribution in [1.82, 2.24) is 14.7 Å². The zero-order chi connectivity index (χ0) is 16.0. The molecule has 4 rings (SSSR count). The molecule has 0 unspecified atom stereocenters. The predicted octanol–water partition coefficient (Wildman–Crippen LogP) is 3.41. The van der Waals surface area contributed by atoms with Crippen LogP contribution in [0.1, 0.15) is 34.4 Å². The molecule has 0 radical (unpaired) electrons. The first-order valence-corrected chi connectivity index (χ1v) is 7.96. The average molecular weight is 321 g/mol. The van der Waals surface area contributed by atoms with E-state index in [0.29, 0.717) is 18.7 Å². The van der Waals surface area contributed by atoms with Gasteiger partial charge in [-0.3, -0.25) is 9.58 Å². The molecule has 2 aromatic rings. The number of aromatic nitrogens is 2. The molecule has 0 spiro atoms. The van der Waals surface area contributed by atoms with E-state index in [1.807, 2.05) is 10.7 Å². The normalized spacial score (nSPS) is 18.0. The standard InChI is InChI=1S/C17H18F3N3/c18-17(19,20)16-5-4-12-2-1-3-14(12)15(16)11-22-8-9-23-13(10-22)6-7-21-23/h4-7H,1-3,8-11H2. The summed E-state index contributed by atoms with van der Waals surface area (Å²) in [6, 6.07) is 4.87. The van der Waals surface area contributed by atoms with Crippen molar-refractivity contribution >= 4 is 0 Å². The highest BCUT2D eigenvalue weighted by atomic mass is 19.4. The van der Waals surface area contributed by atoms with Gasteiger partial charge in [0.25, 0.3) is 0 Å². The van der Waals surface area contributed by atoms with Crippen LogP contribution in [0.3, 0.4) is 0 Å². The summed E-state index contributed by atoms with van der Waals surface area (Å²) in [5.74, 6) is 0. The fourth-order valence-corrected chi connectivity index (χ4v) is 3.79. The molecule has 1 aliphatic carbocycles. The summed E-state index contributed by atoms with van der Waals surface area (Å²) in [6.45, 7) is 2.48. The van der Waals surface area contributed by atoms with E-state index < -0.39 is 11.7 Å². The second kappa shape index (κ2) is 5.37. The lowest BCUT2D eigenvalue weighted by Gasteiger charge is -2.29. The first kappa shape index (κ1) is 14.8. The highest BCUT2D eigenvalue weighted by Gasteiger charge is 2.36. The van der Waals surface area contributed by atoms with Crippen LogP contribution in [0.2, 0.25) is 0 Å². The lowest BCUT2D eigenvalue weighted by atomic mass is 9.96. The van der Waals surface area contributed by atoms with Crippen molar-refractivity contribution in [2.75, 3.05) is 6.54 Å². The molecule has 0 fully saturated rings. The van der Waals surface area contributed by atoms with Crippen molar-refractivity contribution in [1.29, 1.82) is 0 Å². The maximum Gasteiger partial charge on any atom is 0.416 e. The number of hydrogen-bond acceptors (Lipinski definition) is 2. The van der Waals surface area contributed by atoms with Gasteiger partial charge in [-0.25, -0.2) is 0 Å². The second-order valence-electron chi connectivity index (χ2n) is 6.34. The maximum atomic E-state index is 13.4. The van der Waals surface area contributed by atoms with Crippen molar-refractivity contribution < 1.29 is 13.2 Å². The number of alkyl halides is 3. The minimum atomic E-state index is -4.29. The molecule has 0 saturated carbocycles. The lowest BCUT2D eigenvalue weighted by Crippen LogP contribution is -2.34. The van der Waals surface area contributed by atoms with Gasteiger partial charge >= 0.3 is 6.18 Å². The van der Waals surface area contributed by atoms with E-state index >= 15 is 0 Å². The third kappa shape index (κ3) is 2.65. The Morgan fingerprint density at radius 2 is 1.96 bits per heavy atom. The summed E-state index contributed by atoms with van der Waals surface area (Å²) >= 11 is 0. The van der Waals surface area contributed by atoms with Crippen molar-refractivity contribution in [3.8, 4) is 0 Å². The molecule has 0 atom stereocenters. The average Bonchev–Trinajstić information content (AvgIpc) is 3.14. The van der Waals surface area contributed by atoms with Crippen LogP contribution in [0.4, 0.5) is 13.2 Å². The topological polar surface area (TPSA) is 21.1 Å². The number of aryl methyl sites for hydroxylation is 1. The van der Waals surface area contributed by atoms with Gasteiger partial charge in [-0.15, -0.1) is 0 Å². The van der Waals surface area contributed by atoms with Gasteiger partial charge in [0.05, 0.1) is 17.8 Å². The number of nitrogens with zero attached hydrogens (tertiary/aromatic N) is 3. The summed E-state index contributed by atoms with van der Waals surface area (Å²) in [5.41, 5.74) is 3.11.